The lowest BCUT2D eigenvalue weighted by molar-refractivity contribution is 1.22. The number of halogens is 2. The van der Waals surface area contributed by atoms with E-state index in [1.807, 2.05) is 31.2 Å². The summed E-state index contributed by atoms with van der Waals surface area (Å²) in [7, 11) is 0. The lowest BCUT2D eigenvalue weighted by Gasteiger charge is -2.05. The third-order valence-electron chi connectivity index (χ3n) is 2.32. The van der Waals surface area contributed by atoms with Gasteiger partial charge in [0, 0.05) is 16.8 Å². The molecule has 3 nitrogen and oxygen atoms in total. The Kier molecular flexibility index (Phi) is 4.18. The fraction of sp³-hybridized carbons (Fsp3) is 0.0769. The maximum Gasteiger partial charge on any atom is 0.146 e. The van der Waals surface area contributed by atoms with Crippen LogP contribution in [0.4, 0.5) is 5.82 Å². The molecular formula is C13H11Cl2N3. The number of nitrogens with one attached hydrogen (secondary N) is 1. The fourth-order valence-corrected chi connectivity index (χ4v) is 1.96. The minimum Gasteiger partial charge on any atom is -0.261 e. The van der Waals surface area contributed by atoms with Gasteiger partial charge in [-0.3, -0.25) is 5.43 Å². The van der Waals surface area contributed by atoms with E-state index in [2.05, 4.69) is 15.5 Å². The van der Waals surface area contributed by atoms with Crippen LogP contribution in [0.2, 0.25) is 10.0 Å². The molecule has 2 aromatic rings. The summed E-state index contributed by atoms with van der Waals surface area (Å²) in [6, 6.07) is 10.9. The zero-order valence-corrected chi connectivity index (χ0v) is 11.2. The van der Waals surface area contributed by atoms with E-state index < -0.39 is 0 Å². The Morgan fingerprint density at radius 1 is 1.22 bits per heavy atom. The van der Waals surface area contributed by atoms with Crippen LogP contribution >= 0.6 is 23.2 Å². The average Bonchev–Trinajstić information content (AvgIpc) is 2.37. The first-order chi connectivity index (χ1) is 8.66. The van der Waals surface area contributed by atoms with E-state index in [-0.39, 0.29) is 0 Å². The Balaban J connectivity index is 2.18. The highest BCUT2D eigenvalue weighted by molar-refractivity contribution is 6.37. The number of rotatable bonds is 3. The molecule has 1 N–H and O–H groups in total. The normalized spacial score (nSPS) is 11.4. The highest BCUT2D eigenvalue weighted by atomic mass is 35.5. The predicted molar refractivity (Wildman–Crippen MR) is 76.5 cm³/mol. The summed E-state index contributed by atoms with van der Waals surface area (Å²) in [6.07, 6.45) is 1.70. The van der Waals surface area contributed by atoms with Crippen molar-refractivity contribution in [2.24, 2.45) is 5.10 Å². The van der Waals surface area contributed by atoms with Gasteiger partial charge in [-0.15, -0.1) is 0 Å². The van der Waals surface area contributed by atoms with Crippen molar-refractivity contribution in [1.82, 2.24) is 4.98 Å². The molecule has 1 aromatic heterocycles. The third kappa shape index (κ3) is 3.22. The van der Waals surface area contributed by atoms with Gasteiger partial charge < -0.3 is 0 Å². The highest BCUT2D eigenvalue weighted by Gasteiger charge is 2.04. The van der Waals surface area contributed by atoms with Crippen LogP contribution in [0.1, 0.15) is 12.5 Å². The molecule has 0 aliphatic rings. The molecule has 0 amide bonds. The highest BCUT2D eigenvalue weighted by Crippen LogP contribution is 2.21. The zero-order valence-electron chi connectivity index (χ0n) is 9.69. The van der Waals surface area contributed by atoms with Gasteiger partial charge in [-0.2, -0.15) is 5.10 Å². The second-order valence-electron chi connectivity index (χ2n) is 3.65. The molecule has 1 heterocycles. The van der Waals surface area contributed by atoms with Gasteiger partial charge in [0.2, 0.25) is 0 Å². The predicted octanol–water partition coefficient (Wildman–Crippen LogP) is 4.22. The van der Waals surface area contributed by atoms with Crippen molar-refractivity contribution in [1.29, 1.82) is 0 Å². The summed E-state index contributed by atoms with van der Waals surface area (Å²) in [5.74, 6) is 0.682. The molecule has 92 valence electrons. The van der Waals surface area contributed by atoms with E-state index in [1.54, 1.807) is 18.3 Å². The molecule has 0 fully saturated rings. The van der Waals surface area contributed by atoms with Gasteiger partial charge in [0.05, 0.1) is 10.7 Å². The van der Waals surface area contributed by atoms with E-state index in [9.17, 15) is 0 Å². The standard InChI is InChI=1S/C13H11Cl2N3/c1-9(11-6-5-10(14)8-12(11)15)17-18-13-4-2-3-7-16-13/h2-8H,1H3,(H,16,18)/b17-9+. The van der Waals surface area contributed by atoms with Crippen molar-refractivity contribution >= 4 is 34.7 Å². The molecule has 0 saturated carbocycles. The molecule has 18 heavy (non-hydrogen) atoms. The number of pyridine rings is 1. The average molecular weight is 280 g/mol. The smallest absolute Gasteiger partial charge is 0.146 e. The Hall–Kier alpha value is -1.58. The second-order valence-corrected chi connectivity index (χ2v) is 4.49. The Bertz CT molecular complexity index is 568. The maximum absolute atomic E-state index is 6.10. The largest absolute Gasteiger partial charge is 0.261 e. The van der Waals surface area contributed by atoms with Crippen LogP contribution in [-0.2, 0) is 0 Å². The Morgan fingerprint density at radius 2 is 2.06 bits per heavy atom. The molecule has 0 saturated heterocycles. The number of hydrogen-bond acceptors (Lipinski definition) is 3. The van der Waals surface area contributed by atoms with Gasteiger partial charge in [-0.25, -0.2) is 4.98 Å². The fourth-order valence-electron chi connectivity index (χ4n) is 1.41. The number of nitrogens with zero attached hydrogens (tertiary/aromatic N) is 2. The molecule has 0 aliphatic heterocycles. The molecule has 0 atom stereocenters. The van der Waals surface area contributed by atoms with Gasteiger partial charge in [0.15, 0.2) is 0 Å². The first-order valence-electron chi connectivity index (χ1n) is 5.33. The molecule has 0 aliphatic carbocycles. The van der Waals surface area contributed by atoms with E-state index in [1.165, 1.54) is 0 Å². The minimum absolute atomic E-state index is 0.576. The van der Waals surface area contributed by atoms with Crippen molar-refractivity contribution in [3.8, 4) is 0 Å². The van der Waals surface area contributed by atoms with E-state index in [0.717, 1.165) is 11.3 Å². The minimum atomic E-state index is 0.576. The van der Waals surface area contributed by atoms with Crippen LogP contribution in [-0.4, -0.2) is 10.7 Å². The van der Waals surface area contributed by atoms with E-state index in [0.29, 0.717) is 15.9 Å². The Morgan fingerprint density at radius 3 is 2.72 bits per heavy atom. The Labute approximate surface area is 115 Å². The van der Waals surface area contributed by atoms with Crippen LogP contribution in [0, 0.1) is 0 Å². The molecule has 0 unspecified atom stereocenters. The van der Waals surface area contributed by atoms with Gasteiger partial charge in [-0.05, 0) is 31.2 Å². The summed E-state index contributed by atoms with van der Waals surface area (Å²) in [6.45, 7) is 1.87. The quantitative estimate of drug-likeness (QED) is 0.675. The van der Waals surface area contributed by atoms with Crippen LogP contribution in [0.15, 0.2) is 47.7 Å². The van der Waals surface area contributed by atoms with Crippen molar-refractivity contribution in [2.45, 2.75) is 6.92 Å². The monoisotopic (exact) mass is 279 g/mol. The van der Waals surface area contributed by atoms with Gasteiger partial charge >= 0.3 is 0 Å². The van der Waals surface area contributed by atoms with E-state index in [4.69, 9.17) is 23.2 Å². The number of hydrazone groups is 1. The number of anilines is 1. The number of benzene rings is 1. The van der Waals surface area contributed by atoms with Gasteiger partial charge in [0.1, 0.15) is 5.82 Å². The summed E-state index contributed by atoms with van der Waals surface area (Å²) in [4.78, 5) is 4.11. The summed E-state index contributed by atoms with van der Waals surface area (Å²) in [5, 5.41) is 5.41. The third-order valence-corrected chi connectivity index (χ3v) is 2.87. The molecule has 0 bridgehead atoms. The van der Waals surface area contributed by atoms with Crippen molar-refractivity contribution < 1.29 is 0 Å². The first-order valence-corrected chi connectivity index (χ1v) is 6.09. The summed E-state index contributed by atoms with van der Waals surface area (Å²) >= 11 is 11.9. The SMILES string of the molecule is C/C(=N\Nc1ccccn1)c1ccc(Cl)cc1Cl. The van der Waals surface area contributed by atoms with Crippen LogP contribution < -0.4 is 5.43 Å². The van der Waals surface area contributed by atoms with Gasteiger partial charge in [-0.1, -0.05) is 35.3 Å². The molecule has 0 radical (unpaired) electrons. The van der Waals surface area contributed by atoms with E-state index >= 15 is 0 Å². The first kappa shape index (κ1) is 12.9. The van der Waals surface area contributed by atoms with Crippen molar-refractivity contribution in [3.05, 3.63) is 58.2 Å². The lowest BCUT2D eigenvalue weighted by Crippen LogP contribution is -2.01. The summed E-state index contributed by atoms with van der Waals surface area (Å²) < 4.78 is 0. The number of aromatic nitrogens is 1. The molecular weight excluding hydrogens is 269 g/mol. The lowest BCUT2D eigenvalue weighted by atomic mass is 10.1. The molecule has 5 heteroatoms. The molecule has 0 spiro atoms. The maximum atomic E-state index is 6.10. The molecule has 2 rings (SSSR count). The number of hydrogen-bond donors (Lipinski definition) is 1. The van der Waals surface area contributed by atoms with Crippen LogP contribution in [0.5, 0.6) is 0 Å². The molecule has 1 aromatic carbocycles. The van der Waals surface area contributed by atoms with Gasteiger partial charge in [0.25, 0.3) is 0 Å². The summed E-state index contributed by atoms with van der Waals surface area (Å²) in [5.41, 5.74) is 4.47. The van der Waals surface area contributed by atoms with Crippen molar-refractivity contribution in [2.75, 3.05) is 5.43 Å². The second kappa shape index (κ2) is 5.85. The van der Waals surface area contributed by atoms with Crippen LogP contribution in [0.25, 0.3) is 0 Å². The van der Waals surface area contributed by atoms with Crippen molar-refractivity contribution in [3.63, 3.8) is 0 Å². The topological polar surface area (TPSA) is 37.3 Å². The zero-order chi connectivity index (χ0) is 13.0. The van der Waals surface area contributed by atoms with Crippen LogP contribution in [0.3, 0.4) is 0 Å².